The van der Waals surface area contributed by atoms with E-state index < -0.39 is 0 Å². The number of rotatable bonds is 2. The van der Waals surface area contributed by atoms with E-state index in [-0.39, 0.29) is 5.91 Å². The van der Waals surface area contributed by atoms with Crippen LogP contribution < -0.4 is 5.32 Å². The van der Waals surface area contributed by atoms with Crippen LogP contribution in [0.2, 0.25) is 0 Å². The fourth-order valence-corrected chi connectivity index (χ4v) is 2.02. The minimum Gasteiger partial charge on any atom is -0.296 e. The zero-order chi connectivity index (χ0) is 11.7. The Morgan fingerprint density at radius 1 is 1.41 bits per heavy atom. The first kappa shape index (κ1) is 9.98. The van der Waals surface area contributed by atoms with E-state index in [1.165, 1.54) is 11.3 Å². The normalized spacial score (nSPS) is 10.6. The molecule has 1 amide bonds. The second-order valence-corrected chi connectivity index (χ2v) is 4.29. The first-order valence-corrected chi connectivity index (χ1v) is 5.86. The Morgan fingerprint density at radius 2 is 2.35 bits per heavy atom. The van der Waals surface area contributed by atoms with Crippen molar-refractivity contribution < 1.29 is 4.79 Å². The Bertz CT molecular complexity index is 626. The molecule has 1 N–H and O–H groups in total. The quantitative estimate of drug-likeness (QED) is 0.750. The lowest BCUT2D eigenvalue weighted by molar-refractivity contribution is 0.102. The summed E-state index contributed by atoms with van der Waals surface area (Å²) in [5.74, 6) is -0.247. The monoisotopic (exact) mass is 244 g/mol. The molecule has 6 heteroatoms. The fraction of sp³-hybridized carbons (Fsp3) is 0. The van der Waals surface area contributed by atoms with Gasteiger partial charge in [-0.1, -0.05) is 6.07 Å². The molecule has 0 saturated heterocycles. The zero-order valence-electron chi connectivity index (χ0n) is 8.70. The van der Waals surface area contributed by atoms with Gasteiger partial charge in [-0.25, -0.2) is 9.50 Å². The van der Waals surface area contributed by atoms with E-state index in [1.807, 2.05) is 18.2 Å². The van der Waals surface area contributed by atoms with Crippen molar-refractivity contribution in [3.05, 3.63) is 47.7 Å². The summed E-state index contributed by atoms with van der Waals surface area (Å²) in [5.41, 5.74) is 1.27. The van der Waals surface area contributed by atoms with Crippen LogP contribution in [-0.2, 0) is 0 Å². The highest BCUT2D eigenvalue weighted by atomic mass is 32.1. The third-order valence-corrected chi connectivity index (χ3v) is 2.94. The van der Waals surface area contributed by atoms with Gasteiger partial charge in [0.25, 0.3) is 5.91 Å². The number of nitrogens with one attached hydrogen (secondary N) is 1. The van der Waals surface area contributed by atoms with Crippen LogP contribution in [0.15, 0.2) is 42.0 Å². The molecule has 5 nitrogen and oxygen atoms in total. The number of thiazole rings is 1. The number of pyridine rings is 1. The number of hydrogen-bond donors (Lipinski definition) is 1. The average Bonchev–Trinajstić information content (AvgIpc) is 2.96. The van der Waals surface area contributed by atoms with Gasteiger partial charge in [-0.15, -0.1) is 11.3 Å². The fourth-order valence-electron chi connectivity index (χ4n) is 1.50. The zero-order valence-corrected chi connectivity index (χ0v) is 9.52. The lowest BCUT2D eigenvalue weighted by atomic mass is 10.3. The van der Waals surface area contributed by atoms with Crippen molar-refractivity contribution in [1.29, 1.82) is 0 Å². The number of amides is 1. The van der Waals surface area contributed by atoms with Crippen LogP contribution in [0.4, 0.5) is 5.13 Å². The van der Waals surface area contributed by atoms with E-state index in [2.05, 4.69) is 15.4 Å². The highest BCUT2D eigenvalue weighted by molar-refractivity contribution is 7.13. The second-order valence-electron chi connectivity index (χ2n) is 3.39. The predicted octanol–water partition coefficient (Wildman–Crippen LogP) is 2.04. The van der Waals surface area contributed by atoms with Crippen LogP contribution in [0.3, 0.4) is 0 Å². The van der Waals surface area contributed by atoms with Gasteiger partial charge < -0.3 is 0 Å². The minimum absolute atomic E-state index is 0.247. The average molecular weight is 244 g/mol. The first-order chi connectivity index (χ1) is 8.33. The molecule has 0 aliphatic carbocycles. The topological polar surface area (TPSA) is 59.3 Å². The summed E-state index contributed by atoms with van der Waals surface area (Å²) in [4.78, 5) is 15.8. The maximum atomic E-state index is 11.9. The number of fused-ring (bicyclic) bond motifs is 1. The van der Waals surface area contributed by atoms with Crippen LogP contribution in [0.5, 0.6) is 0 Å². The van der Waals surface area contributed by atoms with Gasteiger partial charge >= 0.3 is 0 Å². The number of hydrogen-bond acceptors (Lipinski definition) is 4. The maximum absolute atomic E-state index is 11.9. The summed E-state index contributed by atoms with van der Waals surface area (Å²) in [7, 11) is 0. The summed E-state index contributed by atoms with van der Waals surface area (Å²) in [6, 6.07) is 7.40. The van der Waals surface area contributed by atoms with Crippen molar-refractivity contribution in [2.45, 2.75) is 0 Å². The SMILES string of the molecule is O=C(Nc1nccs1)c1cc2ccccn2n1. The molecule has 3 aromatic rings. The van der Waals surface area contributed by atoms with Gasteiger partial charge in [-0.2, -0.15) is 5.10 Å². The number of carbonyl (C=O) groups excluding carboxylic acids is 1. The smallest absolute Gasteiger partial charge is 0.277 e. The number of nitrogens with zero attached hydrogens (tertiary/aromatic N) is 3. The summed E-state index contributed by atoms with van der Waals surface area (Å²) < 4.78 is 1.66. The predicted molar refractivity (Wildman–Crippen MR) is 65.3 cm³/mol. The Kier molecular flexibility index (Phi) is 2.34. The second kappa shape index (κ2) is 3.99. The lowest BCUT2D eigenvalue weighted by Gasteiger charge is -1.96. The summed E-state index contributed by atoms with van der Waals surface area (Å²) in [5, 5.41) is 9.25. The summed E-state index contributed by atoms with van der Waals surface area (Å²) >= 11 is 1.38. The van der Waals surface area contributed by atoms with E-state index in [9.17, 15) is 4.79 Å². The van der Waals surface area contributed by atoms with Crippen molar-refractivity contribution in [3.8, 4) is 0 Å². The van der Waals surface area contributed by atoms with Gasteiger partial charge in [0.15, 0.2) is 10.8 Å². The Balaban J connectivity index is 1.90. The van der Waals surface area contributed by atoms with Crippen LogP contribution in [0, 0.1) is 0 Å². The maximum Gasteiger partial charge on any atom is 0.277 e. The molecule has 0 aliphatic rings. The van der Waals surface area contributed by atoms with E-state index >= 15 is 0 Å². The molecule has 0 saturated carbocycles. The molecule has 3 aromatic heterocycles. The molecular formula is C11H8N4OS. The van der Waals surface area contributed by atoms with E-state index in [0.717, 1.165) is 5.52 Å². The molecule has 0 aromatic carbocycles. The number of carbonyl (C=O) groups is 1. The Hall–Kier alpha value is -2.21. The van der Waals surface area contributed by atoms with E-state index in [4.69, 9.17) is 0 Å². The van der Waals surface area contributed by atoms with Crippen LogP contribution in [0.1, 0.15) is 10.5 Å². The summed E-state index contributed by atoms with van der Waals surface area (Å²) in [6.45, 7) is 0. The van der Waals surface area contributed by atoms with Crippen molar-refractivity contribution in [2.24, 2.45) is 0 Å². The third kappa shape index (κ3) is 1.90. The van der Waals surface area contributed by atoms with Gasteiger partial charge in [-0.05, 0) is 18.2 Å². The van der Waals surface area contributed by atoms with Crippen LogP contribution in [0.25, 0.3) is 5.52 Å². The molecule has 0 atom stereocenters. The minimum atomic E-state index is -0.247. The molecule has 3 rings (SSSR count). The van der Waals surface area contributed by atoms with Gasteiger partial charge in [0.05, 0.1) is 5.52 Å². The molecule has 84 valence electrons. The van der Waals surface area contributed by atoms with Crippen molar-refractivity contribution >= 4 is 27.9 Å². The van der Waals surface area contributed by atoms with Crippen LogP contribution in [-0.4, -0.2) is 20.5 Å². The van der Waals surface area contributed by atoms with E-state index in [0.29, 0.717) is 10.8 Å². The molecule has 0 aliphatic heterocycles. The van der Waals surface area contributed by atoms with E-state index in [1.54, 1.807) is 28.4 Å². The third-order valence-electron chi connectivity index (χ3n) is 2.26. The Labute approximate surface area is 101 Å². The molecule has 0 fully saturated rings. The van der Waals surface area contributed by atoms with Gasteiger partial charge in [0, 0.05) is 17.8 Å². The van der Waals surface area contributed by atoms with Crippen molar-refractivity contribution in [2.75, 3.05) is 5.32 Å². The lowest BCUT2D eigenvalue weighted by Crippen LogP contribution is -2.12. The van der Waals surface area contributed by atoms with Gasteiger partial charge in [-0.3, -0.25) is 10.1 Å². The molecule has 17 heavy (non-hydrogen) atoms. The molecule has 0 unspecified atom stereocenters. The highest BCUT2D eigenvalue weighted by Gasteiger charge is 2.11. The first-order valence-electron chi connectivity index (χ1n) is 4.98. The molecule has 0 spiro atoms. The molecule has 3 heterocycles. The number of anilines is 1. The van der Waals surface area contributed by atoms with Gasteiger partial charge in [0.1, 0.15) is 0 Å². The van der Waals surface area contributed by atoms with Crippen molar-refractivity contribution in [1.82, 2.24) is 14.6 Å². The Morgan fingerprint density at radius 3 is 3.12 bits per heavy atom. The molecule has 0 radical (unpaired) electrons. The largest absolute Gasteiger partial charge is 0.296 e. The highest BCUT2D eigenvalue weighted by Crippen LogP contribution is 2.12. The number of aromatic nitrogens is 3. The van der Waals surface area contributed by atoms with Crippen LogP contribution >= 0.6 is 11.3 Å². The summed E-state index contributed by atoms with van der Waals surface area (Å²) in [6.07, 6.45) is 3.44. The van der Waals surface area contributed by atoms with Gasteiger partial charge in [0.2, 0.25) is 0 Å². The van der Waals surface area contributed by atoms with Crippen molar-refractivity contribution in [3.63, 3.8) is 0 Å². The molecular weight excluding hydrogens is 236 g/mol. The molecule has 0 bridgehead atoms. The standard InChI is InChI=1S/C11H8N4OS/c16-10(13-11-12-4-6-17-11)9-7-8-3-1-2-5-15(8)14-9/h1-7H,(H,12,13,16).